The predicted molar refractivity (Wildman–Crippen MR) is 343 cm³/mol. The molecule has 79 heavy (non-hydrogen) atoms. The number of esters is 3. The van der Waals surface area contributed by atoms with Crippen LogP contribution in [0.1, 0.15) is 290 Å². The Morgan fingerprint density at radius 1 is 0.266 bits per heavy atom. The van der Waals surface area contributed by atoms with Crippen LogP contribution in [0.4, 0.5) is 0 Å². The second kappa shape index (κ2) is 66.1. The largest absolute Gasteiger partial charge is 0.462 e. The summed E-state index contributed by atoms with van der Waals surface area (Å²) in [6.07, 6.45) is 93.2. The Balaban J connectivity index is 4.46. The number of ether oxygens (including phenoxy) is 3. The van der Waals surface area contributed by atoms with Crippen LogP contribution in [0.15, 0.2) is 134 Å². The Kier molecular flexibility index (Phi) is 62.3. The lowest BCUT2D eigenvalue weighted by Gasteiger charge is -2.18. The number of unbranched alkanes of at least 4 members (excludes halogenated alkanes) is 25. The van der Waals surface area contributed by atoms with Crippen LogP contribution in [-0.2, 0) is 28.6 Å². The van der Waals surface area contributed by atoms with Crippen LogP contribution < -0.4 is 0 Å². The molecule has 0 aliphatic rings. The van der Waals surface area contributed by atoms with Gasteiger partial charge in [-0.25, -0.2) is 0 Å². The van der Waals surface area contributed by atoms with Crippen LogP contribution in [0.5, 0.6) is 0 Å². The molecule has 0 saturated carbocycles. The van der Waals surface area contributed by atoms with Gasteiger partial charge in [0.25, 0.3) is 0 Å². The fraction of sp³-hybridized carbons (Fsp3) is 0.658. The van der Waals surface area contributed by atoms with E-state index in [0.29, 0.717) is 19.3 Å². The predicted octanol–water partition coefficient (Wildman–Crippen LogP) is 22.5. The van der Waals surface area contributed by atoms with Crippen molar-refractivity contribution in [3.8, 4) is 0 Å². The average molecular weight is 1090 g/mol. The van der Waals surface area contributed by atoms with Crippen LogP contribution in [-0.4, -0.2) is 37.2 Å². The molecule has 0 bridgehead atoms. The summed E-state index contributed by atoms with van der Waals surface area (Å²) in [5, 5.41) is 0. The van der Waals surface area contributed by atoms with E-state index in [1.165, 1.54) is 116 Å². The van der Waals surface area contributed by atoms with Crippen molar-refractivity contribution < 1.29 is 28.6 Å². The maximum atomic E-state index is 12.9. The number of hydrogen-bond donors (Lipinski definition) is 0. The van der Waals surface area contributed by atoms with Gasteiger partial charge in [0.1, 0.15) is 13.2 Å². The molecule has 6 heteroatoms. The van der Waals surface area contributed by atoms with E-state index in [1.807, 2.05) is 0 Å². The molecule has 0 aliphatic heterocycles. The van der Waals surface area contributed by atoms with Crippen molar-refractivity contribution >= 4 is 17.9 Å². The van der Waals surface area contributed by atoms with Gasteiger partial charge in [-0.05, 0) is 116 Å². The van der Waals surface area contributed by atoms with Crippen molar-refractivity contribution in [3.63, 3.8) is 0 Å². The summed E-state index contributed by atoms with van der Waals surface area (Å²) in [5.41, 5.74) is 0. The Labute approximate surface area is 487 Å². The van der Waals surface area contributed by atoms with Crippen molar-refractivity contribution in [2.45, 2.75) is 297 Å². The summed E-state index contributed by atoms with van der Waals surface area (Å²) in [5.74, 6) is -0.973. The second-order valence-electron chi connectivity index (χ2n) is 21.3. The summed E-state index contributed by atoms with van der Waals surface area (Å²) < 4.78 is 16.9. The molecular weight excluding hydrogens is 973 g/mol. The number of carbonyl (C=O) groups excluding carboxylic acids is 3. The molecule has 0 fully saturated rings. The lowest BCUT2D eigenvalue weighted by atomic mass is 10.0. The zero-order valence-electron chi connectivity index (χ0n) is 51.3. The lowest BCUT2D eigenvalue weighted by Crippen LogP contribution is -2.30. The Hall–Kier alpha value is -4.45. The molecule has 0 N–H and O–H groups in total. The van der Waals surface area contributed by atoms with E-state index in [2.05, 4.69) is 154 Å². The van der Waals surface area contributed by atoms with Gasteiger partial charge in [0.05, 0.1) is 0 Å². The SMILES string of the molecule is CC/C=C\C/C=C\C/C=C\C/C=C\C/C=C\C/C=C\C/C=C\C/C=C\C/C=C\CCCC(=O)OCC(COC(=O)CCCCCCC/C=C\C/C=C\CCCCC)OC(=O)CCCCCCCCCCCCCCCCCCC. The smallest absolute Gasteiger partial charge is 0.306 e. The number of allylic oxidation sites excluding steroid dienone is 22. The highest BCUT2D eigenvalue weighted by Crippen LogP contribution is 2.16. The minimum atomic E-state index is -0.811. The first-order valence-electron chi connectivity index (χ1n) is 32.7. The molecule has 0 radical (unpaired) electrons. The fourth-order valence-corrected chi connectivity index (χ4v) is 8.77. The molecular formula is C73H120O6. The summed E-state index contributed by atoms with van der Waals surface area (Å²) in [6.45, 7) is 6.46. The first kappa shape index (κ1) is 74.5. The minimum Gasteiger partial charge on any atom is -0.462 e. The van der Waals surface area contributed by atoms with Gasteiger partial charge in [-0.2, -0.15) is 0 Å². The van der Waals surface area contributed by atoms with E-state index in [9.17, 15) is 14.4 Å². The van der Waals surface area contributed by atoms with Crippen molar-refractivity contribution in [3.05, 3.63) is 134 Å². The highest BCUT2D eigenvalue weighted by atomic mass is 16.6. The monoisotopic (exact) mass is 1090 g/mol. The Bertz CT molecular complexity index is 1680. The third-order valence-electron chi connectivity index (χ3n) is 13.6. The van der Waals surface area contributed by atoms with Gasteiger partial charge >= 0.3 is 17.9 Å². The van der Waals surface area contributed by atoms with E-state index in [-0.39, 0.29) is 37.5 Å². The summed E-state index contributed by atoms with van der Waals surface area (Å²) in [4.78, 5) is 38.3. The maximum Gasteiger partial charge on any atom is 0.306 e. The van der Waals surface area contributed by atoms with Crippen LogP contribution in [0.25, 0.3) is 0 Å². The fourth-order valence-electron chi connectivity index (χ4n) is 8.77. The van der Waals surface area contributed by atoms with Crippen molar-refractivity contribution in [1.82, 2.24) is 0 Å². The quantitative estimate of drug-likeness (QED) is 0.0261. The van der Waals surface area contributed by atoms with Gasteiger partial charge in [0.2, 0.25) is 0 Å². The summed E-state index contributed by atoms with van der Waals surface area (Å²) >= 11 is 0. The van der Waals surface area contributed by atoms with Crippen LogP contribution in [0.3, 0.4) is 0 Å². The van der Waals surface area contributed by atoms with Gasteiger partial charge in [-0.15, -0.1) is 0 Å². The Morgan fingerprint density at radius 2 is 0.506 bits per heavy atom. The Morgan fingerprint density at radius 3 is 0.848 bits per heavy atom. The first-order chi connectivity index (χ1) is 39.0. The molecule has 0 saturated heterocycles. The maximum absolute atomic E-state index is 12.9. The van der Waals surface area contributed by atoms with E-state index in [0.717, 1.165) is 128 Å². The van der Waals surface area contributed by atoms with Crippen molar-refractivity contribution in [2.24, 2.45) is 0 Å². The molecule has 0 aliphatic carbocycles. The van der Waals surface area contributed by atoms with E-state index in [1.54, 1.807) is 0 Å². The van der Waals surface area contributed by atoms with Gasteiger partial charge in [-0.3, -0.25) is 14.4 Å². The highest BCUT2D eigenvalue weighted by molar-refractivity contribution is 5.71. The minimum absolute atomic E-state index is 0.104. The van der Waals surface area contributed by atoms with Gasteiger partial charge in [0.15, 0.2) is 6.10 Å². The summed E-state index contributed by atoms with van der Waals surface area (Å²) in [6, 6.07) is 0. The number of rotatable bonds is 58. The molecule has 0 amide bonds. The zero-order chi connectivity index (χ0) is 57.1. The molecule has 0 aromatic rings. The van der Waals surface area contributed by atoms with E-state index >= 15 is 0 Å². The van der Waals surface area contributed by atoms with Crippen molar-refractivity contribution in [2.75, 3.05) is 13.2 Å². The lowest BCUT2D eigenvalue weighted by molar-refractivity contribution is -0.167. The standard InChI is InChI=1S/C73H120O6/c1-4-7-10-13-16-19-22-25-28-30-31-32-33-34-35-36-37-38-39-40-41-43-45-48-51-54-57-60-63-66-72(75)78-69-70(68-77-71(74)65-62-59-56-53-50-47-44-27-24-21-18-15-12-9-6-3)79-73(76)67-64-61-58-55-52-49-46-42-29-26-23-20-17-14-11-8-5-2/h7,10,16,18-19,21,25,27-28,31-32,34-35,37-38,40-41,44-45,48,54,57,70H,4-6,8-9,11-15,17,20,22-24,26,29-30,33,36,39,42-43,46-47,49-53,55-56,58-69H2,1-3H3/b10-7-,19-16-,21-18-,28-25-,32-31-,35-34-,38-37-,41-40-,44-27-,48-45-,57-54-. The molecule has 0 aromatic heterocycles. The number of hydrogen-bond acceptors (Lipinski definition) is 6. The first-order valence-corrected chi connectivity index (χ1v) is 32.7. The van der Waals surface area contributed by atoms with Crippen LogP contribution in [0.2, 0.25) is 0 Å². The van der Waals surface area contributed by atoms with Crippen LogP contribution in [0, 0.1) is 0 Å². The third kappa shape index (κ3) is 64.3. The van der Waals surface area contributed by atoms with Gasteiger partial charge < -0.3 is 14.2 Å². The topological polar surface area (TPSA) is 78.9 Å². The highest BCUT2D eigenvalue weighted by Gasteiger charge is 2.19. The van der Waals surface area contributed by atoms with Crippen LogP contribution >= 0.6 is 0 Å². The summed E-state index contributed by atoms with van der Waals surface area (Å²) in [7, 11) is 0. The molecule has 1 atom stereocenters. The molecule has 0 aromatic carbocycles. The van der Waals surface area contributed by atoms with E-state index < -0.39 is 6.10 Å². The average Bonchev–Trinajstić information content (AvgIpc) is 3.45. The molecule has 0 heterocycles. The molecule has 448 valence electrons. The third-order valence-corrected chi connectivity index (χ3v) is 13.6. The molecule has 1 unspecified atom stereocenters. The van der Waals surface area contributed by atoms with Crippen molar-refractivity contribution in [1.29, 1.82) is 0 Å². The zero-order valence-corrected chi connectivity index (χ0v) is 51.3. The normalized spacial score (nSPS) is 13.0. The second-order valence-corrected chi connectivity index (χ2v) is 21.3. The molecule has 0 rings (SSSR count). The van der Waals surface area contributed by atoms with Gasteiger partial charge in [0, 0.05) is 19.3 Å². The van der Waals surface area contributed by atoms with E-state index in [4.69, 9.17) is 14.2 Å². The number of carbonyl (C=O) groups is 3. The molecule has 6 nitrogen and oxygen atoms in total. The van der Waals surface area contributed by atoms with Gasteiger partial charge in [-0.1, -0.05) is 289 Å². The molecule has 0 spiro atoms.